The SMILES string of the molecule is Cc1noc(C)c1-c1ccccc1CNC(=O)c1nc2n(c(=O)c1O)COCC2(C)C. The van der Waals surface area contributed by atoms with Crippen molar-refractivity contribution >= 4 is 5.91 Å². The molecular weight excluding hydrogens is 400 g/mol. The lowest BCUT2D eigenvalue weighted by Gasteiger charge is -2.32. The second kappa shape index (κ2) is 7.66. The van der Waals surface area contributed by atoms with E-state index in [2.05, 4.69) is 15.5 Å². The molecule has 0 atom stereocenters. The number of hydrogen-bond acceptors (Lipinski definition) is 7. The molecule has 3 aromatic rings. The summed E-state index contributed by atoms with van der Waals surface area (Å²) in [5, 5.41) is 17.1. The first-order valence-electron chi connectivity index (χ1n) is 9.92. The quantitative estimate of drug-likeness (QED) is 0.660. The van der Waals surface area contributed by atoms with Crippen molar-refractivity contribution in [3.63, 3.8) is 0 Å². The zero-order valence-electron chi connectivity index (χ0n) is 17.9. The Morgan fingerprint density at radius 1 is 1.29 bits per heavy atom. The summed E-state index contributed by atoms with van der Waals surface area (Å²) in [5.74, 6) is -0.235. The summed E-state index contributed by atoms with van der Waals surface area (Å²) in [6, 6.07) is 7.58. The Balaban J connectivity index is 1.65. The van der Waals surface area contributed by atoms with E-state index in [-0.39, 0.29) is 19.0 Å². The van der Waals surface area contributed by atoms with Crippen LogP contribution in [0.3, 0.4) is 0 Å². The first-order chi connectivity index (χ1) is 14.7. The maximum atomic E-state index is 12.9. The topological polar surface area (TPSA) is 119 Å². The van der Waals surface area contributed by atoms with Gasteiger partial charge in [0.15, 0.2) is 5.69 Å². The van der Waals surface area contributed by atoms with Crippen LogP contribution in [0.5, 0.6) is 5.75 Å². The smallest absolute Gasteiger partial charge is 0.298 e. The van der Waals surface area contributed by atoms with Gasteiger partial charge in [0.1, 0.15) is 18.3 Å². The van der Waals surface area contributed by atoms with Crippen molar-refractivity contribution in [2.75, 3.05) is 6.61 Å². The monoisotopic (exact) mass is 424 g/mol. The van der Waals surface area contributed by atoms with Crippen LogP contribution >= 0.6 is 0 Å². The first kappa shape index (κ1) is 20.8. The predicted molar refractivity (Wildman–Crippen MR) is 112 cm³/mol. The third-order valence-corrected chi connectivity index (χ3v) is 5.41. The summed E-state index contributed by atoms with van der Waals surface area (Å²) in [5.41, 5.74) is 1.80. The van der Waals surface area contributed by atoms with Crippen LogP contribution in [0.25, 0.3) is 11.1 Å². The molecule has 1 aliphatic rings. The molecular formula is C22H24N4O5. The average molecular weight is 424 g/mol. The van der Waals surface area contributed by atoms with Crippen molar-refractivity contribution in [3.05, 3.63) is 63.2 Å². The fourth-order valence-corrected chi connectivity index (χ4v) is 3.84. The number of aromatic hydroxyl groups is 1. The van der Waals surface area contributed by atoms with Crippen LogP contribution in [0.15, 0.2) is 33.6 Å². The molecule has 3 heterocycles. The van der Waals surface area contributed by atoms with Gasteiger partial charge in [-0.2, -0.15) is 0 Å². The number of fused-ring (bicyclic) bond motifs is 1. The normalized spacial score (nSPS) is 14.8. The largest absolute Gasteiger partial charge is 0.501 e. The van der Waals surface area contributed by atoms with Crippen LogP contribution in [0.1, 0.15) is 47.2 Å². The zero-order valence-corrected chi connectivity index (χ0v) is 17.9. The lowest BCUT2D eigenvalue weighted by molar-refractivity contribution is 0.00718. The predicted octanol–water partition coefficient (Wildman–Crippen LogP) is 2.42. The first-order valence-corrected chi connectivity index (χ1v) is 9.92. The lowest BCUT2D eigenvalue weighted by Crippen LogP contribution is -2.42. The van der Waals surface area contributed by atoms with Gasteiger partial charge in [-0.05, 0) is 25.0 Å². The standard InChI is InChI=1S/C22H24N4O5/c1-12-16(13(2)31-25-12)15-8-6-5-7-14(15)9-23-19(28)17-18(27)20(29)26-11-30-10-22(3,4)21(26)24-17/h5-8,27H,9-11H2,1-4H3,(H,23,28). The summed E-state index contributed by atoms with van der Waals surface area (Å²) in [6.07, 6.45) is 0. The molecule has 162 valence electrons. The Labute approximate surface area is 178 Å². The third-order valence-electron chi connectivity index (χ3n) is 5.41. The molecule has 9 nitrogen and oxygen atoms in total. The fourth-order valence-electron chi connectivity index (χ4n) is 3.84. The van der Waals surface area contributed by atoms with Gasteiger partial charge in [0, 0.05) is 17.5 Å². The Hall–Kier alpha value is -3.46. The maximum Gasteiger partial charge on any atom is 0.298 e. The summed E-state index contributed by atoms with van der Waals surface area (Å²) in [6.45, 7) is 7.94. The van der Waals surface area contributed by atoms with E-state index in [9.17, 15) is 14.7 Å². The van der Waals surface area contributed by atoms with E-state index < -0.39 is 22.6 Å². The molecule has 4 rings (SSSR count). The molecule has 1 aromatic carbocycles. The van der Waals surface area contributed by atoms with Crippen molar-refractivity contribution in [3.8, 4) is 16.9 Å². The number of benzene rings is 1. The van der Waals surface area contributed by atoms with Gasteiger partial charge in [-0.25, -0.2) is 4.98 Å². The van der Waals surface area contributed by atoms with E-state index in [1.165, 1.54) is 4.57 Å². The number of hydrogen-bond donors (Lipinski definition) is 2. The highest BCUT2D eigenvalue weighted by molar-refractivity contribution is 5.94. The molecule has 2 N–H and O–H groups in total. The van der Waals surface area contributed by atoms with E-state index in [1.54, 1.807) is 0 Å². The van der Waals surface area contributed by atoms with Gasteiger partial charge in [-0.3, -0.25) is 14.2 Å². The van der Waals surface area contributed by atoms with Gasteiger partial charge in [0.05, 0.1) is 12.3 Å². The molecule has 0 bridgehead atoms. The summed E-state index contributed by atoms with van der Waals surface area (Å²) >= 11 is 0. The maximum absolute atomic E-state index is 12.9. The van der Waals surface area contributed by atoms with Crippen molar-refractivity contribution < 1.29 is 19.2 Å². The zero-order chi connectivity index (χ0) is 22.3. The van der Waals surface area contributed by atoms with Crippen molar-refractivity contribution in [2.24, 2.45) is 0 Å². The lowest BCUT2D eigenvalue weighted by atomic mass is 9.92. The van der Waals surface area contributed by atoms with Crippen LogP contribution in [0.4, 0.5) is 0 Å². The van der Waals surface area contributed by atoms with Crippen LogP contribution < -0.4 is 10.9 Å². The summed E-state index contributed by atoms with van der Waals surface area (Å²) in [7, 11) is 0. The summed E-state index contributed by atoms with van der Waals surface area (Å²) < 4.78 is 11.9. The van der Waals surface area contributed by atoms with E-state index in [1.807, 2.05) is 52.0 Å². The molecule has 0 saturated carbocycles. The number of carbonyl (C=O) groups excluding carboxylic acids is 1. The van der Waals surface area contributed by atoms with Gasteiger partial charge >= 0.3 is 0 Å². The van der Waals surface area contributed by atoms with Crippen LogP contribution in [0.2, 0.25) is 0 Å². The molecule has 1 amide bonds. The highest BCUT2D eigenvalue weighted by Gasteiger charge is 2.34. The highest BCUT2D eigenvalue weighted by atomic mass is 16.5. The molecule has 9 heteroatoms. The molecule has 0 saturated heterocycles. The van der Waals surface area contributed by atoms with Crippen molar-refractivity contribution in [1.82, 2.24) is 20.0 Å². The molecule has 31 heavy (non-hydrogen) atoms. The number of nitrogens with one attached hydrogen (secondary N) is 1. The van der Waals surface area contributed by atoms with E-state index in [0.717, 1.165) is 22.4 Å². The average Bonchev–Trinajstić information content (AvgIpc) is 3.07. The molecule has 0 aliphatic carbocycles. The second-order valence-corrected chi connectivity index (χ2v) is 8.27. The Morgan fingerprint density at radius 3 is 2.74 bits per heavy atom. The number of carbonyl (C=O) groups is 1. The molecule has 0 radical (unpaired) electrons. The number of rotatable bonds is 4. The van der Waals surface area contributed by atoms with Crippen LogP contribution in [-0.4, -0.2) is 32.3 Å². The number of amides is 1. The van der Waals surface area contributed by atoms with Gasteiger partial charge < -0.3 is 19.7 Å². The minimum absolute atomic E-state index is 0.00906. The third kappa shape index (κ3) is 3.61. The number of nitrogens with zero attached hydrogens (tertiary/aromatic N) is 3. The molecule has 0 unspecified atom stereocenters. The molecule has 1 aliphatic heterocycles. The van der Waals surface area contributed by atoms with Crippen molar-refractivity contribution in [2.45, 2.75) is 46.4 Å². The molecule has 0 spiro atoms. The molecule has 2 aromatic heterocycles. The van der Waals surface area contributed by atoms with Gasteiger partial charge in [0.2, 0.25) is 5.75 Å². The number of ether oxygens (including phenoxy) is 1. The molecule has 0 fully saturated rings. The highest BCUT2D eigenvalue weighted by Crippen LogP contribution is 2.30. The van der Waals surface area contributed by atoms with Gasteiger partial charge in [-0.1, -0.05) is 43.3 Å². The van der Waals surface area contributed by atoms with Crippen molar-refractivity contribution in [1.29, 1.82) is 0 Å². The van der Waals surface area contributed by atoms with Crippen LogP contribution in [0, 0.1) is 13.8 Å². The minimum atomic E-state index is -0.695. The van der Waals surface area contributed by atoms with E-state index >= 15 is 0 Å². The van der Waals surface area contributed by atoms with E-state index in [4.69, 9.17) is 9.26 Å². The van der Waals surface area contributed by atoms with E-state index in [0.29, 0.717) is 18.2 Å². The Kier molecular flexibility index (Phi) is 5.14. The Bertz CT molecular complexity index is 1210. The van der Waals surface area contributed by atoms with Gasteiger partial charge in [-0.15, -0.1) is 0 Å². The second-order valence-electron chi connectivity index (χ2n) is 8.27. The fraction of sp³-hybridized carbons (Fsp3) is 0.364. The van der Waals surface area contributed by atoms with Crippen LogP contribution in [-0.2, 0) is 23.4 Å². The minimum Gasteiger partial charge on any atom is -0.501 e. The Morgan fingerprint density at radius 2 is 2.03 bits per heavy atom. The number of aromatic nitrogens is 3. The van der Waals surface area contributed by atoms with Gasteiger partial charge in [0.25, 0.3) is 11.5 Å². The summed E-state index contributed by atoms with van der Waals surface area (Å²) in [4.78, 5) is 29.8. The number of aryl methyl sites for hydroxylation is 2.